The number of carboxylic acids is 1. The fourth-order valence-corrected chi connectivity index (χ4v) is 6.89. The molecule has 0 radical (unpaired) electrons. The number of aromatic carboxylic acids is 1. The minimum Gasteiger partial charge on any atom is -0.505 e. The molecule has 0 saturated carbocycles. The molecule has 0 aliphatic carbocycles. The van der Waals surface area contributed by atoms with Gasteiger partial charge in [0.1, 0.15) is 33.5 Å². The number of aromatic amines is 1. The van der Waals surface area contributed by atoms with Gasteiger partial charge >= 0.3 is 5.97 Å². The molecular weight excluding hydrogens is 869 g/mol. The molecule has 1 heterocycles. The monoisotopic (exact) mass is 896 g/mol. The second-order valence-corrected chi connectivity index (χ2v) is 14.8. The van der Waals surface area contributed by atoms with E-state index >= 15 is 0 Å². The highest BCUT2D eigenvalue weighted by Gasteiger charge is 2.22. The van der Waals surface area contributed by atoms with Crippen molar-refractivity contribution in [3.05, 3.63) is 100 Å². The number of H-pyrrole nitrogens is 1. The maximum atomic E-state index is 13.3. The summed E-state index contributed by atoms with van der Waals surface area (Å²) in [5, 5.41) is 73.5. The third kappa shape index (κ3) is 10.1. The van der Waals surface area contributed by atoms with Gasteiger partial charge in [-0.25, -0.2) is 20.0 Å². The summed E-state index contributed by atoms with van der Waals surface area (Å²) in [7, 11) is -2.02. The van der Waals surface area contributed by atoms with Crippen LogP contribution in [-0.2, 0) is 28.9 Å². The molecule has 6 rings (SSSR count). The van der Waals surface area contributed by atoms with E-state index in [0.29, 0.717) is 39.9 Å². The number of nitrogens with one attached hydrogen (secondary N) is 1. The van der Waals surface area contributed by atoms with E-state index < -0.39 is 43.7 Å². The van der Waals surface area contributed by atoms with Crippen LogP contribution >= 0.6 is 24.1 Å². The number of aromatic nitrogens is 2. The first kappa shape index (κ1) is 44.0. The second-order valence-electron chi connectivity index (χ2n) is 11.9. The smallest absolute Gasteiger partial charge is 0.356 e. The van der Waals surface area contributed by atoms with Crippen molar-refractivity contribution in [1.29, 1.82) is 0 Å². The van der Waals surface area contributed by atoms with Crippen LogP contribution in [0.4, 0.5) is 34.1 Å². The fourth-order valence-electron chi connectivity index (χ4n) is 5.40. The summed E-state index contributed by atoms with van der Waals surface area (Å²) in [5.41, 5.74) is -1.11. The molecule has 26 heteroatoms. The number of carbonyl (C=O) groups is 1. The molecule has 0 aliphatic rings. The number of aryl methyl sites for hydroxylation is 1. The Morgan fingerprint density at radius 1 is 0.770 bits per heavy atom. The zero-order valence-corrected chi connectivity index (χ0v) is 33.6. The fraction of sp³-hybridized carbons (Fsp3) is 0.0857. The van der Waals surface area contributed by atoms with Gasteiger partial charge in [0.25, 0.3) is 15.7 Å². The van der Waals surface area contributed by atoms with Gasteiger partial charge < -0.3 is 19.7 Å². The highest BCUT2D eigenvalue weighted by Crippen LogP contribution is 2.46. The Hall–Kier alpha value is -6.59. The Labute approximate surface area is 350 Å². The molecule has 0 fully saturated rings. The predicted octanol–water partition coefficient (Wildman–Crippen LogP) is 9.40. The Bertz CT molecular complexity index is 2890. The summed E-state index contributed by atoms with van der Waals surface area (Å²) in [6.45, 7) is 1.65. The summed E-state index contributed by atoms with van der Waals surface area (Å²) in [6.07, 6.45) is 0. The number of rotatable bonds is 17. The minimum absolute atomic E-state index is 0.0809. The Balaban J connectivity index is 1.33. The minimum atomic E-state index is -4.69. The molecule has 0 unspecified atom stereocenters. The van der Waals surface area contributed by atoms with Crippen LogP contribution < -0.4 is 15.0 Å². The maximum absolute atomic E-state index is 13.3. The highest BCUT2D eigenvalue weighted by atomic mass is 32.2. The summed E-state index contributed by atoms with van der Waals surface area (Å²) >= 11 is 1.16. The lowest BCUT2D eigenvalue weighted by Gasteiger charge is -2.10. The molecule has 0 spiro atoms. The zero-order chi connectivity index (χ0) is 43.8. The van der Waals surface area contributed by atoms with Crippen LogP contribution in [0, 0.1) is 6.92 Å². The molecule has 1 aromatic heterocycles. The van der Waals surface area contributed by atoms with Gasteiger partial charge in [-0.15, -0.1) is 29.1 Å². The number of phenolic OH excluding ortho intramolecular Hbond substituents is 1. The quantitative estimate of drug-likeness (QED) is 0.0163. The predicted molar refractivity (Wildman–Crippen MR) is 213 cm³/mol. The van der Waals surface area contributed by atoms with Gasteiger partial charge in [-0.3, -0.25) is 14.4 Å². The van der Waals surface area contributed by atoms with Gasteiger partial charge in [-0.1, -0.05) is 16.1 Å². The van der Waals surface area contributed by atoms with Crippen LogP contribution in [0.15, 0.2) is 129 Å². The largest absolute Gasteiger partial charge is 0.505 e. The lowest BCUT2D eigenvalue weighted by atomic mass is 10.1. The maximum Gasteiger partial charge on any atom is 0.356 e. The normalized spacial score (nSPS) is 12.0. The Morgan fingerprint density at radius 2 is 1.46 bits per heavy atom. The van der Waals surface area contributed by atoms with Gasteiger partial charge in [-0.2, -0.15) is 18.6 Å². The third-order valence-electron chi connectivity index (χ3n) is 8.26. The zero-order valence-electron chi connectivity index (χ0n) is 31.2. The SMILES string of the molecule is COc1ccc(N=Nc2cc(OC)c(N=Nc3c(SOOO)cc4ccc(N=Nc5c(C(=O)O)[nH]n(-c6ccc(SOOO)cc6)c5=O)cc4c3O)cc2C)c(S(=O)(=O)O)c1. The average molecular weight is 897 g/mol. The lowest BCUT2D eigenvalue weighted by Crippen LogP contribution is -2.13. The number of hydrogen-bond donors (Lipinski definition) is 6. The first-order valence-electron chi connectivity index (χ1n) is 16.6. The van der Waals surface area contributed by atoms with Crippen LogP contribution in [-0.4, -0.2) is 63.7 Å². The number of methoxy groups -OCH3 is 2. The van der Waals surface area contributed by atoms with E-state index in [2.05, 4.69) is 54.5 Å². The van der Waals surface area contributed by atoms with Gasteiger partial charge in [0.15, 0.2) is 17.1 Å². The van der Waals surface area contributed by atoms with E-state index in [1.54, 1.807) is 6.92 Å². The summed E-state index contributed by atoms with van der Waals surface area (Å²) in [6, 6.07) is 18.6. The number of fused-ring (bicyclic) bond motifs is 1. The van der Waals surface area contributed by atoms with Crippen molar-refractivity contribution in [2.45, 2.75) is 21.6 Å². The Morgan fingerprint density at radius 3 is 2.13 bits per heavy atom. The van der Waals surface area contributed by atoms with E-state index in [1.165, 1.54) is 87.0 Å². The van der Waals surface area contributed by atoms with Crippen LogP contribution in [0.25, 0.3) is 16.5 Å². The third-order valence-corrected chi connectivity index (χ3v) is 10.4. The van der Waals surface area contributed by atoms with E-state index in [0.717, 1.165) is 10.7 Å². The van der Waals surface area contributed by atoms with Gasteiger partial charge in [0.2, 0.25) is 0 Å². The molecule has 0 aliphatic heterocycles. The van der Waals surface area contributed by atoms with E-state index in [9.17, 15) is 32.8 Å². The molecular formula is C35H28N8O15S3. The van der Waals surface area contributed by atoms with Crippen LogP contribution in [0.5, 0.6) is 17.2 Å². The van der Waals surface area contributed by atoms with Crippen molar-refractivity contribution >= 4 is 85.1 Å². The van der Waals surface area contributed by atoms with Crippen molar-refractivity contribution in [1.82, 2.24) is 9.78 Å². The van der Waals surface area contributed by atoms with Crippen molar-refractivity contribution in [3.63, 3.8) is 0 Å². The van der Waals surface area contributed by atoms with Crippen molar-refractivity contribution in [3.8, 4) is 22.9 Å². The van der Waals surface area contributed by atoms with E-state index in [4.69, 9.17) is 20.0 Å². The van der Waals surface area contributed by atoms with Crippen LogP contribution in [0.1, 0.15) is 16.1 Å². The molecule has 316 valence electrons. The number of carboxylic acid groups (broad SMARTS) is 1. The molecule has 0 saturated heterocycles. The summed E-state index contributed by atoms with van der Waals surface area (Å²) < 4.78 is 54.1. The molecule has 61 heavy (non-hydrogen) atoms. The molecule has 0 amide bonds. The molecule has 6 N–H and O–H groups in total. The lowest BCUT2D eigenvalue weighted by molar-refractivity contribution is -0.432. The molecule has 0 atom stereocenters. The summed E-state index contributed by atoms with van der Waals surface area (Å²) in [4.78, 5) is 25.5. The average Bonchev–Trinajstić information content (AvgIpc) is 3.59. The van der Waals surface area contributed by atoms with Crippen molar-refractivity contribution in [2.75, 3.05) is 14.2 Å². The number of nitrogens with zero attached hydrogens (tertiary/aromatic N) is 7. The highest BCUT2D eigenvalue weighted by molar-refractivity contribution is 7.94. The van der Waals surface area contributed by atoms with Crippen LogP contribution in [0.3, 0.4) is 0 Å². The van der Waals surface area contributed by atoms with Gasteiger partial charge in [0.05, 0.1) is 60.3 Å². The topological polar surface area (TPSA) is 320 Å². The summed E-state index contributed by atoms with van der Waals surface area (Å²) in [5.74, 6) is -1.65. The van der Waals surface area contributed by atoms with Gasteiger partial charge in [0, 0.05) is 22.4 Å². The number of aromatic hydroxyl groups is 1. The van der Waals surface area contributed by atoms with Gasteiger partial charge in [-0.05, 0) is 78.5 Å². The number of azo groups is 3. The standard InChI is InChI=1S/C35H28N8O15S3/c1-17-12-26(27(54-3)16-25(17)38-37-24-11-8-21(53-2)15-29(24)61(50,51)52)39-40-30-28(60-58-56-49)13-18-4-5-19(14-23(18)33(30)44)36-41-31-32(35(46)47)42-43(34(31)45)20-6-9-22(10-7-20)59-57-55-48/h4-16,42,44,48-49H,1-3H3,(H,46,47)(H,50,51,52). The number of phenols is 1. The van der Waals surface area contributed by atoms with Crippen LogP contribution in [0.2, 0.25) is 0 Å². The molecule has 23 nitrogen and oxygen atoms in total. The van der Waals surface area contributed by atoms with Crippen molar-refractivity contribution in [2.24, 2.45) is 30.7 Å². The number of hydrogen-bond acceptors (Lipinski definition) is 21. The van der Waals surface area contributed by atoms with E-state index in [-0.39, 0.29) is 55.9 Å². The molecule has 5 aromatic carbocycles. The number of ether oxygens (including phenoxy) is 2. The first-order chi connectivity index (χ1) is 29.3. The van der Waals surface area contributed by atoms with Crippen molar-refractivity contribution < 1.29 is 66.7 Å². The Kier molecular flexibility index (Phi) is 13.8. The van der Waals surface area contributed by atoms with E-state index in [1.807, 2.05) is 0 Å². The second kappa shape index (κ2) is 19.2. The molecule has 0 bridgehead atoms. The molecule has 6 aromatic rings. The first-order valence-corrected chi connectivity index (χ1v) is 19.6. The number of benzene rings is 5.